The summed E-state index contributed by atoms with van der Waals surface area (Å²) >= 11 is 0. The first-order valence-corrected chi connectivity index (χ1v) is 5.75. The first-order chi connectivity index (χ1) is 7.36. The summed E-state index contributed by atoms with van der Waals surface area (Å²) in [6, 6.07) is 6.13. The number of Topliss-reactive ketones (excluding diaryl/α,β-unsaturated/α-hetero) is 1. The molecular weight excluding hydrogens is 198 g/mol. The summed E-state index contributed by atoms with van der Waals surface area (Å²) in [5.74, 6) is 0.109. The SMILES string of the molecule is CCC(C)(N)C(=O)Cc1ccc(C)c(C)c1. The molecule has 0 aliphatic heterocycles. The Morgan fingerprint density at radius 2 is 1.94 bits per heavy atom. The average Bonchev–Trinajstić information content (AvgIpc) is 2.23. The Labute approximate surface area is 97.9 Å². The van der Waals surface area contributed by atoms with E-state index >= 15 is 0 Å². The number of nitrogens with two attached hydrogens (primary N) is 1. The molecule has 0 heterocycles. The number of hydrogen-bond acceptors (Lipinski definition) is 2. The van der Waals surface area contributed by atoms with Crippen molar-refractivity contribution in [3.8, 4) is 0 Å². The zero-order valence-corrected chi connectivity index (χ0v) is 10.6. The van der Waals surface area contributed by atoms with Gasteiger partial charge in [0.2, 0.25) is 0 Å². The third kappa shape index (κ3) is 2.92. The van der Waals surface area contributed by atoms with Gasteiger partial charge in [0.1, 0.15) is 0 Å². The van der Waals surface area contributed by atoms with Crippen LogP contribution >= 0.6 is 0 Å². The van der Waals surface area contributed by atoms with E-state index in [1.54, 1.807) is 6.92 Å². The molecule has 0 radical (unpaired) electrons. The maximum Gasteiger partial charge on any atom is 0.156 e. The molecule has 2 N–H and O–H groups in total. The molecule has 1 atom stereocenters. The number of ketones is 1. The van der Waals surface area contributed by atoms with Crippen LogP contribution in [0.5, 0.6) is 0 Å². The lowest BCUT2D eigenvalue weighted by Gasteiger charge is -2.21. The third-order valence-corrected chi connectivity index (χ3v) is 3.31. The Morgan fingerprint density at radius 3 is 2.44 bits per heavy atom. The maximum atomic E-state index is 11.9. The maximum absolute atomic E-state index is 11.9. The van der Waals surface area contributed by atoms with Crippen molar-refractivity contribution in [1.82, 2.24) is 0 Å². The predicted molar refractivity (Wildman–Crippen MR) is 67.5 cm³/mol. The van der Waals surface area contributed by atoms with E-state index in [0.717, 1.165) is 5.56 Å². The van der Waals surface area contributed by atoms with Gasteiger partial charge in [-0.1, -0.05) is 25.1 Å². The van der Waals surface area contributed by atoms with E-state index in [1.807, 2.05) is 13.0 Å². The van der Waals surface area contributed by atoms with Crippen molar-refractivity contribution in [3.05, 3.63) is 34.9 Å². The Bertz CT molecular complexity index is 394. The molecule has 0 saturated carbocycles. The number of carbonyl (C=O) groups excluding carboxylic acids is 1. The van der Waals surface area contributed by atoms with Crippen LogP contribution in [0.4, 0.5) is 0 Å². The van der Waals surface area contributed by atoms with E-state index in [0.29, 0.717) is 12.8 Å². The summed E-state index contributed by atoms with van der Waals surface area (Å²) in [5, 5.41) is 0. The van der Waals surface area contributed by atoms with Crippen LogP contribution in [0.1, 0.15) is 37.0 Å². The van der Waals surface area contributed by atoms with Crippen molar-refractivity contribution in [3.63, 3.8) is 0 Å². The highest BCUT2D eigenvalue weighted by Crippen LogP contribution is 2.14. The van der Waals surface area contributed by atoms with Gasteiger partial charge in [-0.15, -0.1) is 0 Å². The molecule has 1 unspecified atom stereocenters. The van der Waals surface area contributed by atoms with Crippen LogP contribution in [-0.4, -0.2) is 11.3 Å². The van der Waals surface area contributed by atoms with Gasteiger partial charge < -0.3 is 5.73 Å². The van der Waals surface area contributed by atoms with E-state index in [1.165, 1.54) is 11.1 Å². The summed E-state index contributed by atoms with van der Waals surface area (Å²) in [5.41, 5.74) is 8.76. The molecule has 0 aromatic heterocycles. The van der Waals surface area contributed by atoms with Crippen LogP contribution in [0.2, 0.25) is 0 Å². The lowest BCUT2D eigenvalue weighted by atomic mass is 9.90. The molecular formula is C14H21NO. The van der Waals surface area contributed by atoms with Gasteiger partial charge in [-0.25, -0.2) is 0 Å². The highest BCUT2D eigenvalue weighted by molar-refractivity contribution is 5.89. The van der Waals surface area contributed by atoms with Crippen LogP contribution in [-0.2, 0) is 11.2 Å². The van der Waals surface area contributed by atoms with Crippen LogP contribution in [0.25, 0.3) is 0 Å². The van der Waals surface area contributed by atoms with Gasteiger partial charge in [0.25, 0.3) is 0 Å². The topological polar surface area (TPSA) is 43.1 Å². The summed E-state index contributed by atoms with van der Waals surface area (Å²) in [7, 11) is 0. The zero-order chi connectivity index (χ0) is 12.3. The minimum Gasteiger partial charge on any atom is -0.319 e. The van der Waals surface area contributed by atoms with Gasteiger partial charge in [-0.3, -0.25) is 4.79 Å². The summed E-state index contributed by atoms with van der Waals surface area (Å²) in [6.45, 7) is 7.87. The second-order valence-corrected chi connectivity index (χ2v) is 4.79. The molecule has 1 aromatic carbocycles. The van der Waals surface area contributed by atoms with Crippen molar-refractivity contribution >= 4 is 5.78 Å². The number of aryl methyl sites for hydroxylation is 2. The Hall–Kier alpha value is -1.15. The van der Waals surface area contributed by atoms with E-state index < -0.39 is 5.54 Å². The van der Waals surface area contributed by atoms with Gasteiger partial charge in [0.15, 0.2) is 5.78 Å². The van der Waals surface area contributed by atoms with E-state index in [9.17, 15) is 4.79 Å². The van der Waals surface area contributed by atoms with Gasteiger partial charge >= 0.3 is 0 Å². The van der Waals surface area contributed by atoms with Gasteiger partial charge in [-0.05, 0) is 43.9 Å². The second-order valence-electron chi connectivity index (χ2n) is 4.79. The number of hydrogen-bond donors (Lipinski definition) is 1. The number of benzene rings is 1. The standard InChI is InChI=1S/C14H21NO/c1-5-14(4,15)13(16)9-12-7-6-10(2)11(3)8-12/h6-8H,5,9,15H2,1-4H3. The molecule has 0 bridgehead atoms. The fourth-order valence-corrected chi connectivity index (χ4v) is 1.50. The minimum absolute atomic E-state index is 0.109. The van der Waals surface area contributed by atoms with Crippen molar-refractivity contribution in [2.45, 2.75) is 46.1 Å². The van der Waals surface area contributed by atoms with Crippen molar-refractivity contribution in [2.75, 3.05) is 0 Å². The molecule has 1 aromatic rings. The molecule has 88 valence electrons. The number of rotatable bonds is 4. The smallest absolute Gasteiger partial charge is 0.156 e. The van der Waals surface area contributed by atoms with E-state index in [2.05, 4.69) is 26.0 Å². The molecule has 1 rings (SSSR count). The summed E-state index contributed by atoms with van der Waals surface area (Å²) < 4.78 is 0. The Balaban J connectivity index is 2.82. The molecule has 0 spiro atoms. The van der Waals surface area contributed by atoms with Crippen LogP contribution < -0.4 is 5.73 Å². The first kappa shape index (κ1) is 12.9. The van der Waals surface area contributed by atoms with Crippen LogP contribution in [0, 0.1) is 13.8 Å². The largest absolute Gasteiger partial charge is 0.319 e. The minimum atomic E-state index is -0.696. The third-order valence-electron chi connectivity index (χ3n) is 3.31. The molecule has 2 heteroatoms. The Morgan fingerprint density at radius 1 is 1.31 bits per heavy atom. The monoisotopic (exact) mass is 219 g/mol. The lowest BCUT2D eigenvalue weighted by molar-refractivity contribution is -0.123. The first-order valence-electron chi connectivity index (χ1n) is 5.75. The fourth-order valence-electron chi connectivity index (χ4n) is 1.50. The molecule has 16 heavy (non-hydrogen) atoms. The van der Waals surface area contributed by atoms with Crippen molar-refractivity contribution in [1.29, 1.82) is 0 Å². The van der Waals surface area contributed by atoms with Crippen molar-refractivity contribution < 1.29 is 4.79 Å². The summed E-state index contributed by atoms with van der Waals surface area (Å²) in [6.07, 6.45) is 1.11. The molecule has 0 fully saturated rings. The van der Waals surface area contributed by atoms with E-state index in [-0.39, 0.29) is 5.78 Å². The molecule has 0 saturated heterocycles. The number of carbonyl (C=O) groups is 1. The fraction of sp³-hybridized carbons (Fsp3) is 0.500. The zero-order valence-electron chi connectivity index (χ0n) is 10.6. The van der Waals surface area contributed by atoms with Crippen LogP contribution in [0.3, 0.4) is 0 Å². The van der Waals surface area contributed by atoms with E-state index in [4.69, 9.17) is 5.73 Å². The normalized spacial score (nSPS) is 14.6. The van der Waals surface area contributed by atoms with Crippen LogP contribution in [0.15, 0.2) is 18.2 Å². The average molecular weight is 219 g/mol. The molecule has 0 aliphatic rings. The van der Waals surface area contributed by atoms with Gasteiger partial charge in [-0.2, -0.15) is 0 Å². The predicted octanol–water partition coefficient (Wildman–Crippen LogP) is 2.54. The van der Waals surface area contributed by atoms with Gasteiger partial charge in [0, 0.05) is 6.42 Å². The highest BCUT2D eigenvalue weighted by atomic mass is 16.1. The van der Waals surface area contributed by atoms with Gasteiger partial charge in [0.05, 0.1) is 5.54 Å². The second kappa shape index (κ2) is 4.79. The Kier molecular flexibility index (Phi) is 3.87. The molecule has 0 amide bonds. The quantitative estimate of drug-likeness (QED) is 0.845. The summed E-state index contributed by atoms with van der Waals surface area (Å²) in [4.78, 5) is 11.9. The molecule has 0 aliphatic carbocycles. The van der Waals surface area contributed by atoms with Crippen molar-refractivity contribution in [2.24, 2.45) is 5.73 Å². The molecule has 2 nitrogen and oxygen atoms in total. The highest BCUT2D eigenvalue weighted by Gasteiger charge is 2.25. The lowest BCUT2D eigenvalue weighted by Crippen LogP contribution is -2.45.